The summed E-state index contributed by atoms with van der Waals surface area (Å²) in [6.45, 7) is 3.23. The lowest BCUT2D eigenvalue weighted by molar-refractivity contribution is -0.274. The van der Waals surface area contributed by atoms with Gasteiger partial charge in [0.25, 0.3) is 0 Å². The lowest BCUT2D eigenvalue weighted by atomic mass is 9.93. The molecule has 11 heteroatoms. The number of alkyl halides is 3. The van der Waals surface area contributed by atoms with Crippen molar-refractivity contribution in [3.8, 4) is 11.5 Å². The Kier molecular flexibility index (Phi) is 5.44. The maximum absolute atomic E-state index is 12.3. The van der Waals surface area contributed by atoms with Crippen LogP contribution in [0.2, 0.25) is 0 Å². The number of ether oxygens (including phenoxy) is 2. The van der Waals surface area contributed by atoms with Crippen molar-refractivity contribution >= 4 is 15.7 Å². The van der Waals surface area contributed by atoms with Crippen LogP contribution in [0.1, 0.15) is 25.8 Å². The van der Waals surface area contributed by atoms with Gasteiger partial charge in [-0.3, -0.25) is 0 Å². The summed E-state index contributed by atoms with van der Waals surface area (Å²) in [5.74, 6) is 0.0939. The van der Waals surface area contributed by atoms with Gasteiger partial charge in [0.1, 0.15) is 11.5 Å². The Bertz CT molecular complexity index is 1010. The van der Waals surface area contributed by atoms with Crippen LogP contribution in [0.15, 0.2) is 52.8 Å². The number of hydrogen-bond acceptors (Lipinski definition) is 7. The van der Waals surface area contributed by atoms with Crippen LogP contribution >= 0.6 is 0 Å². The highest BCUT2D eigenvalue weighted by molar-refractivity contribution is 7.91. The second-order valence-electron chi connectivity index (χ2n) is 6.39. The highest BCUT2D eigenvalue weighted by Crippen LogP contribution is 2.36. The monoisotopic (exact) mass is 430 g/mol. The van der Waals surface area contributed by atoms with Crippen LogP contribution in [-0.4, -0.2) is 31.4 Å². The first-order valence-corrected chi connectivity index (χ1v) is 10.1. The van der Waals surface area contributed by atoms with Crippen molar-refractivity contribution in [3.05, 3.63) is 48.2 Å². The molecule has 0 N–H and O–H groups in total. The van der Waals surface area contributed by atoms with Crippen LogP contribution in [0.4, 0.5) is 13.2 Å². The van der Waals surface area contributed by atoms with Crippen LogP contribution in [0, 0.1) is 0 Å². The molecule has 0 amide bonds. The number of pyridine rings is 1. The van der Waals surface area contributed by atoms with Crippen molar-refractivity contribution in [2.45, 2.75) is 37.3 Å². The zero-order valence-corrected chi connectivity index (χ0v) is 16.2. The SMILES string of the molecule is CCS(=O)(=O)c1ccc(OC2=NO[C@](C)(c3ccc(OC(F)(F)F)cc3)C2)cn1. The van der Waals surface area contributed by atoms with E-state index in [2.05, 4.69) is 14.9 Å². The molecular weight excluding hydrogens is 413 g/mol. The lowest BCUT2D eigenvalue weighted by Crippen LogP contribution is -2.23. The largest absolute Gasteiger partial charge is 0.573 e. The molecule has 2 aromatic rings. The smallest absolute Gasteiger partial charge is 0.438 e. The zero-order chi connectivity index (χ0) is 21.3. The summed E-state index contributed by atoms with van der Waals surface area (Å²) in [6, 6.07) is 8.07. The third-order valence-electron chi connectivity index (χ3n) is 4.18. The maximum Gasteiger partial charge on any atom is 0.573 e. The molecule has 1 aliphatic heterocycles. The minimum absolute atomic E-state index is 0.0528. The van der Waals surface area contributed by atoms with E-state index < -0.39 is 21.8 Å². The van der Waals surface area contributed by atoms with Crippen LogP contribution in [-0.2, 0) is 20.3 Å². The Labute approximate surface area is 165 Å². The number of benzene rings is 1. The van der Waals surface area contributed by atoms with Crippen molar-refractivity contribution in [2.24, 2.45) is 5.16 Å². The fourth-order valence-corrected chi connectivity index (χ4v) is 3.40. The Balaban J connectivity index is 1.66. The van der Waals surface area contributed by atoms with Gasteiger partial charge in [-0.05, 0) is 36.8 Å². The zero-order valence-electron chi connectivity index (χ0n) is 15.4. The number of aromatic nitrogens is 1. The average Bonchev–Trinajstić information content (AvgIpc) is 3.03. The van der Waals surface area contributed by atoms with Crippen LogP contribution in [0.3, 0.4) is 0 Å². The van der Waals surface area contributed by atoms with Gasteiger partial charge >= 0.3 is 6.36 Å². The van der Waals surface area contributed by atoms with E-state index in [9.17, 15) is 21.6 Å². The quantitative estimate of drug-likeness (QED) is 0.717. The second kappa shape index (κ2) is 7.54. The molecule has 1 aliphatic rings. The van der Waals surface area contributed by atoms with Gasteiger partial charge in [-0.2, -0.15) is 0 Å². The van der Waals surface area contributed by atoms with Crippen LogP contribution in [0.25, 0.3) is 0 Å². The van der Waals surface area contributed by atoms with Gasteiger partial charge < -0.3 is 14.3 Å². The van der Waals surface area contributed by atoms with Crippen molar-refractivity contribution in [3.63, 3.8) is 0 Å². The highest BCUT2D eigenvalue weighted by atomic mass is 32.2. The topological polar surface area (TPSA) is 87.1 Å². The van der Waals surface area contributed by atoms with Gasteiger partial charge in [0.15, 0.2) is 20.5 Å². The third-order valence-corrected chi connectivity index (χ3v) is 5.82. The number of sulfone groups is 1. The number of rotatable bonds is 5. The van der Waals surface area contributed by atoms with E-state index in [-0.39, 0.29) is 34.6 Å². The first-order valence-electron chi connectivity index (χ1n) is 8.49. The number of hydrogen-bond donors (Lipinski definition) is 0. The summed E-state index contributed by atoms with van der Waals surface area (Å²) >= 11 is 0. The highest BCUT2D eigenvalue weighted by Gasteiger charge is 2.38. The van der Waals surface area contributed by atoms with E-state index in [0.29, 0.717) is 5.56 Å². The normalized spacial score (nSPS) is 19.4. The van der Waals surface area contributed by atoms with E-state index in [1.165, 1.54) is 49.5 Å². The Morgan fingerprint density at radius 1 is 1.14 bits per heavy atom. The summed E-state index contributed by atoms with van der Waals surface area (Å²) in [4.78, 5) is 9.31. The molecule has 0 fully saturated rings. The summed E-state index contributed by atoms with van der Waals surface area (Å²) < 4.78 is 69.8. The molecule has 1 aromatic heterocycles. The summed E-state index contributed by atoms with van der Waals surface area (Å²) in [5, 5.41) is 3.81. The van der Waals surface area contributed by atoms with Gasteiger partial charge in [0, 0.05) is 0 Å². The van der Waals surface area contributed by atoms with Crippen LogP contribution in [0.5, 0.6) is 11.5 Å². The predicted octanol–water partition coefficient (Wildman–Crippen LogP) is 3.80. The van der Waals surface area contributed by atoms with Crippen molar-refractivity contribution in [2.75, 3.05) is 5.75 Å². The molecule has 0 radical (unpaired) electrons. The van der Waals surface area contributed by atoms with Gasteiger partial charge in [-0.1, -0.05) is 24.2 Å². The van der Waals surface area contributed by atoms with Crippen LogP contribution < -0.4 is 9.47 Å². The van der Waals surface area contributed by atoms with E-state index in [4.69, 9.17) is 9.57 Å². The lowest BCUT2D eigenvalue weighted by Gasteiger charge is -2.21. The van der Waals surface area contributed by atoms with Gasteiger partial charge in [0.2, 0.25) is 5.90 Å². The fraction of sp³-hybridized carbons (Fsp3) is 0.333. The van der Waals surface area contributed by atoms with Crippen molar-refractivity contribution < 1.29 is 35.9 Å². The first-order chi connectivity index (χ1) is 13.5. The molecular formula is C18H17F3N2O5S. The number of halogens is 3. The molecule has 1 aromatic carbocycles. The molecule has 0 saturated carbocycles. The molecule has 0 unspecified atom stereocenters. The fourth-order valence-electron chi connectivity index (χ4n) is 2.62. The minimum Gasteiger partial charge on any atom is -0.438 e. The average molecular weight is 430 g/mol. The minimum atomic E-state index is -4.76. The second-order valence-corrected chi connectivity index (χ2v) is 8.62. The molecule has 0 bridgehead atoms. The van der Waals surface area contributed by atoms with Gasteiger partial charge in [0.05, 0.1) is 18.4 Å². The summed E-state index contributed by atoms with van der Waals surface area (Å²) in [7, 11) is -3.41. The van der Waals surface area contributed by atoms with E-state index >= 15 is 0 Å². The maximum atomic E-state index is 12.3. The molecule has 1 atom stereocenters. The molecule has 0 spiro atoms. The molecule has 0 saturated heterocycles. The van der Waals surface area contributed by atoms with E-state index in [1.54, 1.807) is 6.92 Å². The Hall–Kier alpha value is -2.82. The molecule has 29 heavy (non-hydrogen) atoms. The Morgan fingerprint density at radius 3 is 2.34 bits per heavy atom. The summed E-state index contributed by atoms with van der Waals surface area (Å²) in [6.07, 6.45) is -3.29. The standard InChI is InChI=1S/C18H17F3N2O5S/c1-3-29(24,25)16-9-8-14(11-22-16)26-15-10-17(2,28-23-15)12-4-6-13(7-5-12)27-18(19,20)21/h4-9,11H,3,10H2,1-2H3/t17-/m0/s1. The van der Waals surface area contributed by atoms with Gasteiger partial charge in [-0.15, -0.1) is 13.2 Å². The molecule has 0 aliphatic carbocycles. The molecule has 2 heterocycles. The number of oxime groups is 1. The van der Waals surface area contributed by atoms with E-state index in [1.807, 2.05) is 0 Å². The third kappa shape index (κ3) is 4.97. The molecule has 7 nitrogen and oxygen atoms in total. The molecule has 156 valence electrons. The molecule has 3 rings (SSSR count). The van der Waals surface area contributed by atoms with E-state index in [0.717, 1.165) is 0 Å². The summed E-state index contributed by atoms with van der Waals surface area (Å²) in [5.41, 5.74) is -0.359. The van der Waals surface area contributed by atoms with Gasteiger partial charge in [-0.25, -0.2) is 13.4 Å². The number of nitrogens with zero attached hydrogens (tertiary/aromatic N) is 2. The van der Waals surface area contributed by atoms with Crippen molar-refractivity contribution in [1.29, 1.82) is 0 Å². The van der Waals surface area contributed by atoms with Crippen molar-refractivity contribution in [1.82, 2.24) is 4.98 Å². The predicted molar refractivity (Wildman–Crippen MR) is 96.2 cm³/mol. The Morgan fingerprint density at radius 2 is 1.79 bits per heavy atom. The first kappa shape index (κ1) is 20.9.